The van der Waals surface area contributed by atoms with Gasteiger partial charge in [0, 0.05) is 56.3 Å². The van der Waals surface area contributed by atoms with Crippen molar-refractivity contribution < 1.29 is 24.4 Å². The van der Waals surface area contributed by atoms with E-state index < -0.39 is 22.7 Å². The second-order valence-corrected chi connectivity index (χ2v) is 7.88. The molecule has 1 N–H and O–H groups in total. The number of likely N-dealkylation sites (tertiary alicyclic amines) is 1. The van der Waals surface area contributed by atoms with Crippen LogP contribution in [0, 0.1) is 10.1 Å². The van der Waals surface area contributed by atoms with Gasteiger partial charge in [0.2, 0.25) is 0 Å². The second kappa shape index (κ2) is 9.88. The Hall–Kier alpha value is -3.63. The van der Waals surface area contributed by atoms with Gasteiger partial charge in [0.05, 0.1) is 29.8 Å². The number of nitrogens with zero attached hydrogens (tertiary/aromatic N) is 4. The lowest BCUT2D eigenvalue weighted by Crippen LogP contribution is -2.38. The minimum absolute atomic E-state index is 0.0357. The first-order valence-corrected chi connectivity index (χ1v) is 10.7. The number of rotatable bonds is 7. The summed E-state index contributed by atoms with van der Waals surface area (Å²) >= 11 is 0. The fraction of sp³-hybridized carbons (Fsp3) is 0.348. The molecule has 10 nitrogen and oxygen atoms in total. The average Bonchev–Trinajstić information content (AvgIpc) is 3.10. The van der Waals surface area contributed by atoms with E-state index in [9.17, 15) is 24.8 Å². The summed E-state index contributed by atoms with van der Waals surface area (Å²) in [5.74, 6) is -1.77. The Morgan fingerprint density at radius 2 is 1.76 bits per heavy atom. The average molecular weight is 452 g/mol. The molecule has 1 atom stereocenters. The number of benzene rings is 1. The number of nitro groups is 1. The first-order chi connectivity index (χ1) is 16.0. The van der Waals surface area contributed by atoms with E-state index in [0.29, 0.717) is 37.3 Å². The molecule has 172 valence electrons. The van der Waals surface area contributed by atoms with Gasteiger partial charge in [-0.25, -0.2) is 0 Å². The monoisotopic (exact) mass is 452 g/mol. The molecule has 3 heterocycles. The molecule has 0 bridgehead atoms. The van der Waals surface area contributed by atoms with Crippen LogP contribution in [0.3, 0.4) is 0 Å². The van der Waals surface area contributed by atoms with Crippen molar-refractivity contribution in [3.05, 3.63) is 75.6 Å². The van der Waals surface area contributed by atoms with Crippen LogP contribution in [0.5, 0.6) is 0 Å². The number of ether oxygens (including phenoxy) is 1. The van der Waals surface area contributed by atoms with Crippen LogP contribution in [0.25, 0.3) is 5.76 Å². The number of carbonyl (C=O) groups excluding carboxylic acids is 2. The van der Waals surface area contributed by atoms with Crippen molar-refractivity contribution in [3.63, 3.8) is 0 Å². The molecule has 2 fully saturated rings. The summed E-state index contributed by atoms with van der Waals surface area (Å²) in [6.07, 6.45) is 3.59. The van der Waals surface area contributed by atoms with Gasteiger partial charge < -0.3 is 14.7 Å². The lowest BCUT2D eigenvalue weighted by atomic mass is 9.95. The number of aliphatic hydroxyl groups is 1. The van der Waals surface area contributed by atoms with Gasteiger partial charge in [0.1, 0.15) is 5.76 Å². The molecule has 33 heavy (non-hydrogen) atoms. The number of ketones is 1. The molecule has 0 spiro atoms. The quantitative estimate of drug-likeness (QED) is 0.223. The van der Waals surface area contributed by atoms with E-state index in [-0.39, 0.29) is 17.0 Å². The van der Waals surface area contributed by atoms with Crippen molar-refractivity contribution in [1.82, 2.24) is 14.8 Å². The maximum atomic E-state index is 13.0. The highest BCUT2D eigenvalue weighted by molar-refractivity contribution is 6.46. The van der Waals surface area contributed by atoms with Crippen LogP contribution in [-0.2, 0) is 14.3 Å². The Bertz CT molecular complexity index is 1060. The summed E-state index contributed by atoms with van der Waals surface area (Å²) in [6.45, 7) is 4.00. The lowest BCUT2D eigenvalue weighted by Gasteiger charge is -2.29. The third kappa shape index (κ3) is 4.76. The molecule has 2 aliphatic rings. The van der Waals surface area contributed by atoms with Crippen LogP contribution in [0.4, 0.5) is 5.69 Å². The molecule has 1 amide bonds. The zero-order chi connectivity index (χ0) is 23.4. The highest BCUT2D eigenvalue weighted by Gasteiger charge is 2.45. The topological polar surface area (TPSA) is 126 Å². The van der Waals surface area contributed by atoms with Crippen molar-refractivity contribution in [2.45, 2.75) is 12.5 Å². The number of morpholine rings is 1. The van der Waals surface area contributed by atoms with Gasteiger partial charge in [-0.1, -0.05) is 0 Å². The smallest absolute Gasteiger partial charge is 0.295 e. The maximum Gasteiger partial charge on any atom is 0.295 e. The number of aromatic nitrogens is 1. The van der Waals surface area contributed by atoms with Gasteiger partial charge in [0.15, 0.2) is 0 Å². The number of pyridine rings is 1. The normalized spacial score (nSPS) is 20.8. The molecule has 10 heteroatoms. The third-order valence-electron chi connectivity index (χ3n) is 5.89. The summed E-state index contributed by atoms with van der Waals surface area (Å²) in [7, 11) is 0. The third-order valence-corrected chi connectivity index (χ3v) is 5.89. The van der Waals surface area contributed by atoms with Gasteiger partial charge in [-0.15, -0.1) is 0 Å². The molecular formula is C23H24N4O6. The number of hydrogen-bond donors (Lipinski definition) is 1. The largest absolute Gasteiger partial charge is 0.507 e. The summed E-state index contributed by atoms with van der Waals surface area (Å²) in [4.78, 5) is 44.1. The molecule has 4 rings (SSSR count). The van der Waals surface area contributed by atoms with Gasteiger partial charge in [-0.05, 0) is 36.2 Å². The van der Waals surface area contributed by atoms with Crippen molar-refractivity contribution in [3.8, 4) is 0 Å². The summed E-state index contributed by atoms with van der Waals surface area (Å²) in [6, 6.07) is 7.95. The number of nitro benzene ring substituents is 1. The Labute approximate surface area is 190 Å². The number of carbonyl (C=O) groups is 2. The first kappa shape index (κ1) is 22.6. The molecule has 0 radical (unpaired) electrons. The molecule has 2 saturated heterocycles. The second-order valence-electron chi connectivity index (χ2n) is 7.88. The van der Waals surface area contributed by atoms with Crippen LogP contribution in [0.2, 0.25) is 0 Å². The fourth-order valence-corrected chi connectivity index (χ4v) is 4.19. The van der Waals surface area contributed by atoms with Gasteiger partial charge in [-0.3, -0.25) is 29.6 Å². The van der Waals surface area contributed by atoms with E-state index in [1.165, 1.54) is 41.6 Å². The predicted octanol–water partition coefficient (Wildman–Crippen LogP) is 2.13. The highest BCUT2D eigenvalue weighted by Crippen LogP contribution is 2.39. The fourth-order valence-electron chi connectivity index (χ4n) is 4.19. The van der Waals surface area contributed by atoms with E-state index >= 15 is 0 Å². The minimum Gasteiger partial charge on any atom is -0.507 e. The van der Waals surface area contributed by atoms with Crippen molar-refractivity contribution in [1.29, 1.82) is 0 Å². The van der Waals surface area contributed by atoms with Gasteiger partial charge in [-0.2, -0.15) is 0 Å². The predicted molar refractivity (Wildman–Crippen MR) is 118 cm³/mol. The molecular weight excluding hydrogens is 428 g/mol. The zero-order valence-corrected chi connectivity index (χ0v) is 17.9. The minimum atomic E-state index is -0.844. The Kier molecular flexibility index (Phi) is 6.76. The summed E-state index contributed by atoms with van der Waals surface area (Å²) < 4.78 is 5.36. The number of non-ortho nitro benzene ring substituents is 1. The molecule has 1 aromatic heterocycles. The van der Waals surface area contributed by atoms with Gasteiger partial charge in [0.25, 0.3) is 17.4 Å². The van der Waals surface area contributed by atoms with Crippen molar-refractivity contribution in [2.75, 3.05) is 39.4 Å². The summed E-state index contributed by atoms with van der Waals surface area (Å²) in [5.41, 5.74) is 0.744. The molecule has 0 saturated carbocycles. The molecule has 0 unspecified atom stereocenters. The van der Waals surface area contributed by atoms with E-state index in [4.69, 9.17) is 4.74 Å². The number of hydrogen-bond acceptors (Lipinski definition) is 8. The van der Waals surface area contributed by atoms with E-state index in [0.717, 1.165) is 19.6 Å². The van der Waals surface area contributed by atoms with Crippen molar-refractivity contribution in [2.24, 2.45) is 0 Å². The molecule has 2 aliphatic heterocycles. The SMILES string of the molecule is O=C1C(=O)N(CCCN2CCOCC2)[C@@H](c2ccc([N+](=O)[O-])cc2)C1=C(O)c1ccncc1. The molecule has 0 aliphatic carbocycles. The van der Waals surface area contributed by atoms with Crippen LogP contribution in [0.1, 0.15) is 23.6 Å². The number of Topliss-reactive ketones (excluding diaryl/α,β-unsaturated/α-hetero) is 1. The van der Waals surface area contributed by atoms with Gasteiger partial charge >= 0.3 is 0 Å². The van der Waals surface area contributed by atoms with E-state index in [1.807, 2.05) is 0 Å². The lowest BCUT2D eigenvalue weighted by molar-refractivity contribution is -0.384. The van der Waals surface area contributed by atoms with Crippen LogP contribution in [-0.4, -0.2) is 75.9 Å². The Morgan fingerprint density at radius 3 is 2.39 bits per heavy atom. The standard InChI is InChI=1S/C23H24N4O6/c28-21(17-6-8-24-9-7-17)19-20(16-2-4-18(5-3-16)27(31)32)26(23(30)22(19)29)11-1-10-25-12-14-33-15-13-25/h2-9,20,28H,1,10-15H2/t20-/m0/s1. The Morgan fingerprint density at radius 1 is 1.09 bits per heavy atom. The van der Waals surface area contributed by atoms with Crippen molar-refractivity contribution >= 4 is 23.1 Å². The maximum absolute atomic E-state index is 13.0. The van der Waals surface area contributed by atoms with E-state index in [1.54, 1.807) is 12.1 Å². The first-order valence-electron chi connectivity index (χ1n) is 10.7. The highest BCUT2D eigenvalue weighted by atomic mass is 16.6. The van der Waals surface area contributed by atoms with Crippen LogP contribution < -0.4 is 0 Å². The van der Waals surface area contributed by atoms with Crippen LogP contribution in [0.15, 0.2) is 54.4 Å². The molecule has 2 aromatic rings. The molecule has 1 aromatic carbocycles. The summed E-state index contributed by atoms with van der Waals surface area (Å²) in [5, 5.41) is 22.0. The zero-order valence-electron chi connectivity index (χ0n) is 17.9. The Balaban J connectivity index is 1.67. The van der Waals surface area contributed by atoms with E-state index in [2.05, 4.69) is 9.88 Å². The van der Waals surface area contributed by atoms with Crippen LogP contribution >= 0.6 is 0 Å². The number of aliphatic hydroxyl groups excluding tert-OH is 1. The number of amides is 1.